The molecule has 0 bridgehead atoms. The Morgan fingerprint density at radius 1 is 1.35 bits per heavy atom. The van der Waals surface area contributed by atoms with E-state index >= 15 is 0 Å². The summed E-state index contributed by atoms with van der Waals surface area (Å²) in [7, 11) is 1.02. The Labute approximate surface area is 122 Å². The maximum atomic E-state index is 11.7. The van der Waals surface area contributed by atoms with Crippen LogP contribution in [0, 0.1) is 5.92 Å². The molecule has 0 amide bonds. The van der Waals surface area contributed by atoms with Gasteiger partial charge in [-0.2, -0.15) is 0 Å². The summed E-state index contributed by atoms with van der Waals surface area (Å²) in [6.07, 6.45) is 4.93. The van der Waals surface area contributed by atoms with Crippen molar-refractivity contribution in [1.29, 1.82) is 0 Å². The largest absolute Gasteiger partial charge is 0.328 e. The highest BCUT2D eigenvalue weighted by Crippen LogP contribution is 2.15. The van der Waals surface area contributed by atoms with Gasteiger partial charge in [0.05, 0.1) is 0 Å². The third kappa shape index (κ3) is 4.49. The first-order valence-electron chi connectivity index (χ1n) is 6.58. The van der Waals surface area contributed by atoms with Gasteiger partial charge in [0.15, 0.2) is 4.90 Å². The van der Waals surface area contributed by atoms with Crippen LogP contribution in [0.5, 0.6) is 0 Å². The molecule has 0 aliphatic heterocycles. The van der Waals surface area contributed by atoms with Gasteiger partial charge in [-0.3, -0.25) is 14.3 Å². The molecule has 0 saturated heterocycles. The van der Waals surface area contributed by atoms with Crippen molar-refractivity contribution in [3.63, 3.8) is 0 Å². The monoisotopic (exact) mass is 322 g/mol. The van der Waals surface area contributed by atoms with E-state index in [1.807, 2.05) is 11.9 Å². The number of rotatable bonds is 7. The van der Waals surface area contributed by atoms with Crippen LogP contribution < -0.4 is 11.2 Å². The number of aromatic amines is 1. The van der Waals surface area contributed by atoms with Gasteiger partial charge >= 0.3 is 5.69 Å². The van der Waals surface area contributed by atoms with Crippen molar-refractivity contribution in [3.8, 4) is 0 Å². The number of unbranched alkanes of at least 4 members (excludes halogenated alkanes) is 1. The highest BCUT2D eigenvalue weighted by Gasteiger charge is 2.18. The number of aromatic nitrogens is 2. The maximum Gasteiger partial charge on any atom is 0.328 e. The van der Waals surface area contributed by atoms with E-state index in [9.17, 15) is 18.0 Å². The minimum atomic E-state index is -4.16. The molecule has 20 heavy (non-hydrogen) atoms. The molecule has 0 aliphatic rings. The van der Waals surface area contributed by atoms with Crippen molar-refractivity contribution in [2.45, 2.75) is 51.0 Å². The molecular weight excluding hydrogens is 304 g/mol. The molecule has 114 valence electrons. The number of halogens is 1. The van der Waals surface area contributed by atoms with E-state index < -0.39 is 25.2 Å². The molecular formula is C12H19ClN2O4S. The Bertz CT molecular complexity index is 663. The zero-order valence-electron chi connectivity index (χ0n) is 11.6. The average Bonchev–Trinajstić information content (AvgIpc) is 2.35. The fourth-order valence-electron chi connectivity index (χ4n) is 1.99. The van der Waals surface area contributed by atoms with Crippen LogP contribution in [0.1, 0.15) is 39.5 Å². The van der Waals surface area contributed by atoms with Gasteiger partial charge in [0.25, 0.3) is 14.6 Å². The van der Waals surface area contributed by atoms with Gasteiger partial charge in [-0.15, -0.1) is 0 Å². The van der Waals surface area contributed by atoms with Crippen LogP contribution in [0.3, 0.4) is 0 Å². The Hall–Kier alpha value is -1.08. The SMILES string of the molecule is CCCCC(CC)Cn1cc(S(=O)(=O)Cl)c(=O)[nH]c1=O. The number of H-pyrrole nitrogens is 1. The molecule has 1 unspecified atom stereocenters. The lowest BCUT2D eigenvalue weighted by Crippen LogP contribution is -2.33. The summed E-state index contributed by atoms with van der Waals surface area (Å²) in [6.45, 7) is 4.46. The highest BCUT2D eigenvalue weighted by molar-refractivity contribution is 8.13. The van der Waals surface area contributed by atoms with E-state index in [0.29, 0.717) is 6.54 Å². The smallest absolute Gasteiger partial charge is 0.299 e. The van der Waals surface area contributed by atoms with Gasteiger partial charge in [0.2, 0.25) is 0 Å². The van der Waals surface area contributed by atoms with Crippen LogP contribution in [0.25, 0.3) is 0 Å². The van der Waals surface area contributed by atoms with Crippen LogP contribution >= 0.6 is 10.7 Å². The topological polar surface area (TPSA) is 89.0 Å². The summed E-state index contributed by atoms with van der Waals surface area (Å²) >= 11 is 0. The van der Waals surface area contributed by atoms with Crippen LogP contribution in [0.2, 0.25) is 0 Å². The van der Waals surface area contributed by atoms with E-state index in [4.69, 9.17) is 10.7 Å². The molecule has 0 aromatic carbocycles. The van der Waals surface area contributed by atoms with Crippen molar-refractivity contribution in [2.24, 2.45) is 5.92 Å². The van der Waals surface area contributed by atoms with Gasteiger partial charge in [-0.05, 0) is 12.3 Å². The predicted octanol–water partition coefficient (Wildman–Crippen LogP) is 1.68. The molecule has 0 aliphatic carbocycles. The molecule has 1 N–H and O–H groups in total. The summed E-state index contributed by atoms with van der Waals surface area (Å²) in [4.78, 5) is 24.5. The van der Waals surface area contributed by atoms with Crippen molar-refractivity contribution in [3.05, 3.63) is 27.0 Å². The molecule has 6 nitrogen and oxygen atoms in total. The first kappa shape index (κ1) is 17.0. The summed E-state index contributed by atoms with van der Waals surface area (Å²) in [5.41, 5.74) is -1.60. The Morgan fingerprint density at radius 3 is 2.50 bits per heavy atom. The summed E-state index contributed by atoms with van der Waals surface area (Å²) < 4.78 is 23.8. The molecule has 0 spiro atoms. The van der Waals surface area contributed by atoms with Gasteiger partial charge in [0, 0.05) is 23.4 Å². The van der Waals surface area contributed by atoms with Crippen LogP contribution in [0.4, 0.5) is 0 Å². The summed E-state index contributed by atoms with van der Waals surface area (Å²) in [5, 5.41) is 0. The second-order valence-corrected chi connectivity index (χ2v) is 7.29. The lowest BCUT2D eigenvalue weighted by atomic mass is 9.99. The zero-order chi connectivity index (χ0) is 15.3. The lowest BCUT2D eigenvalue weighted by molar-refractivity contribution is 0.380. The number of nitrogens with one attached hydrogen (secondary N) is 1. The normalized spacial score (nSPS) is 13.3. The van der Waals surface area contributed by atoms with E-state index in [-0.39, 0.29) is 5.92 Å². The van der Waals surface area contributed by atoms with Crippen molar-refractivity contribution < 1.29 is 8.42 Å². The van der Waals surface area contributed by atoms with Crippen molar-refractivity contribution in [2.75, 3.05) is 0 Å². The molecule has 1 aromatic heterocycles. The molecule has 0 radical (unpaired) electrons. The lowest BCUT2D eigenvalue weighted by Gasteiger charge is -2.16. The van der Waals surface area contributed by atoms with Crippen molar-refractivity contribution in [1.82, 2.24) is 9.55 Å². The van der Waals surface area contributed by atoms with E-state index in [2.05, 4.69) is 6.92 Å². The molecule has 1 aromatic rings. The Balaban J connectivity index is 3.13. The standard InChI is InChI=1S/C12H19ClN2O4S/c1-3-5-6-9(4-2)7-15-8-10(20(13,18)19)11(16)14-12(15)17/h8-9H,3-7H2,1-2H3,(H,14,16,17). The highest BCUT2D eigenvalue weighted by atomic mass is 35.7. The van der Waals surface area contributed by atoms with Gasteiger partial charge in [0.1, 0.15) is 0 Å². The minimum absolute atomic E-state index is 0.254. The number of hydrogen-bond acceptors (Lipinski definition) is 4. The summed E-state index contributed by atoms with van der Waals surface area (Å²) in [6, 6.07) is 0. The van der Waals surface area contributed by atoms with Crippen LogP contribution in [0.15, 0.2) is 20.7 Å². The molecule has 1 atom stereocenters. The average molecular weight is 323 g/mol. The fraction of sp³-hybridized carbons (Fsp3) is 0.667. The third-order valence-electron chi connectivity index (χ3n) is 3.24. The van der Waals surface area contributed by atoms with Crippen LogP contribution in [-0.2, 0) is 15.6 Å². The molecule has 1 rings (SSSR count). The van der Waals surface area contributed by atoms with Crippen LogP contribution in [-0.4, -0.2) is 18.0 Å². The van der Waals surface area contributed by atoms with E-state index in [1.54, 1.807) is 0 Å². The quantitative estimate of drug-likeness (QED) is 0.773. The maximum absolute atomic E-state index is 11.7. The Morgan fingerprint density at radius 2 is 2.00 bits per heavy atom. The summed E-state index contributed by atoms with van der Waals surface area (Å²) in [5.74, 6) is 0.254. The van der Waals surface area contributed by atoms with Gasteiger partial charge in [-0.25, -0.2) is 13.2 Å². The first-order valence-corrected chi connectivity index (χ1v) is 8.89. The van der Waals surface area contributed by atoms with Crippen molar-refractivity contribution >= 4 is 19.7 Å². The molecule has 0 fully saturated rings. The minimum Gasteiger partial charge on any atom is -0.299 e. The van der Waals surface area contributed by atoms with E-state index in [1.165, 1.54) is 4.57 Å². The van der Waals surface area contributed by atoms with Gasteiger partial charge in [-0.1, -0.05) is 33.1 Å². The second kappa shape index (κ2) is 7.08. The fourth-order valence-corrected chi connectivity index (χ4v) is 2.85. The molecule has 8 heteroatoms. The van der Waals surface area contributed by atoms with E-state index in [0.717, 1.165) is 31.9 Å². The number of hydrogen-bond donors (Lipinski definition) is 1. The second-order valence-electron chi connectivity index (χ2n) is 4.76. The predicted molar refractivity (Wildman–Crippen MR) is 77.7 cm³/mol. The molecule has 1 heterocycles. The zero-order valence-corrected chi connectivity index (χ0v) is 13.1. The third-order valence-corrected chi connectivity index (χ3v) is 4.55. The molecule has 0 saturated carbocycles. The Kier molecular flexibility index (Phi) is 6.01. The van der Waals surface area contributed by atoms with Gasteiger partial charge < -0.3 is 0 Å². The number of nitrogens with zero attached hydrogens (tertiary/aromatic N) is 1. The first-order chi connectivity index (χ1) is 9.29.